The van der Waals surface area contributed by atoms with Crippen LogP contribution in [0, 0.1) is 0 Å². The summed E-state index contributed by atoms with van der Waals surface area (Å²) in [4.78, 5) is 26.5. The Balaban J connectivity index is 1.66. The molecule has 0 N–H and O–H groups in total. The quantitative estimate of drug-likeness (QED) is 0.414. The molecule has 6 nitrogen and oxygen atoms in total. The van der Waals surface area contributed by atoms with E-state index in [4.69, 9.17) is 25.8 Å². The Kier molecular flexibility index (Phi) is 5.82. The Hall–Kier alpha value is -3.51. The molecule has 1 aliphatic heterocycles. The molecule has 0 aliphatic carbocycles. The minimum atomic E-state index is -0.716. The van der Waals surface area contributed by atoms with Crippen LogP contribution in [0.3, 0.4) is 0 Å². The molecule has 4 rings (SSSR count). The van der Waals surface area contributed by atoms with E-state index in [1.54, 1.807) is 72.7 Å². The fourth-order valence-electron chi connectivity index (χ4n) is 3.53. The van der Waals surface area contributed by atoms with Gasteiger partial charge < -0.3 is 14.2 Å². The Bertz CT molecular complexity index is 1080. The van der Waals surface area contributed by atoms with Gasteiger partial charge in [-0.25, -0.2) is 4.79 Å². The van der Waals surface area contributed by atoms with Gasteiger partial charge in [-0.1, -0.05) is 23.7 Å². The van der Waals surface area contributed by atoms with Gasteiger partial charge >= 0.3 is 5.97 Å². The van der Waals surface area contributed by atoms with Crippen LogP contribution in [0.15, 0.2) is 72.8 Å². The first-order valence-corrected chi connectivity index (χ1v) is 9.97. The van der Waals surface area contributed by atoms with Gasteiger partial charge in [0.15, 0.2) is 0 Å². The Morgan fingerprint density at radius 2 is 1.48 bits per heavy atom. The molecule has 0 spiro atoms. The average molecular weight is 438 g/mol. The second-order valence-corrected chi connectivity index (χ2v) is 7.39. The molecule has 1 amide bonds. The van der Waals surface area contributed by atoms with Gasteiger partial charge in [-0.15, -0.1) is 0 Å². The zero-order valence-corrected chi connectivity index (χ0v) is 17.7. The van der Waals surface area contributed by atoms with Crippen molar-refractivity contribution >= 4 is 29.2 Å². The number of esters is 1. The van der Waals surface area contributed by atoms with Crippen molar-refractivity contribution in [3.63, 3.8) is 0 Å². The number of halogens is 1. The number of methoxy groups -OCH3 is 2. The largest absolute Gasteiger partial charge is 0.497 e. The van der Waals surface area contributed by atoms with Crippen LogP contribution >= 0.6 is 11.6 Å². The fourth-order valence-corrected chi connectivity index (χ4v) is 3.65. The van der Waals surface area contributed by atoms with Crippen molar-refractivity contribution in [2.24, 2.45) is 0 Å². The summed E-state index contributed by atoms with van der Waals surface area (Å²) in [5, 5.41) is 0.585. The van der Waals surface area contributed by atoms with Crippen molar-refractivity contribution in [2.45, 2.75) is 12.1 Å². The smallest absolute Gasteiger partial charge is 0.337 e. The van der Waals surface area contributed by atoms with Gasteiger partial charge in [0.1, 0.15) is 17.5 Å². The van der Waals surface area contributed by atoms with Crippen molar-refractivity contribution < 1.29 is 23.8 Å². The van der Waals surface area contributed by atoms with E-state index in [1.807, 2.05) is 12.1 Å². The lowest BCUT2D eigenvalue weighted by atomic mass is 9.89. The van der Waals surface area contributed by atoms with E-state index in [0.717, 1.165) is 11.3 Å². The normalized spacial score (nSPS) is 17.6. The predicted molar refractivity (Wildman–Crippen MR) is 117 cm³/mol. The highest BCUT2D eigenvalue weighted by atomic mass is 35.5. The molecule has 0 saturated carbocycles. The second-order valence-electron chi connectivity index (χ2n) is 6.96. The molecule has 3 aromatic carbocycles. The van der Waals surface area contributed by atoms with Gasteiger partial charge in [0.2, 0.25) is 6.10 Å². The van der Waals surface area contributed by atoms with Gasteiger partial charge in [0.05, 0.1) is 19.8 Å². The molecule has 0 bridgehead atoms. The molecule has 0 radical (unpaired) electrons. The average Bonchev–Trinajstić information content (AvgIpc) is 2.81. The maximum Gasteiger partial charge on any atom is 0.337 e. The maximum atomic E-state index is 13.1. The van der Waals surface area contributed by atoms with Crippen molar-refractivity contribution in [3.05, 3.63) is 88.9 Å². The van der Waals surface area contributed by atoms with E-state index in [-0.39, 0.29) is 11.9 Å². The van der Waals surface area contributed by atoms with Crippen LogP contribution in [0.25, 0.3) is 0 Å². The van der Waals surface area contributed by atoms with Crippen LogP contribution in [0.4, 0.5) is 5.69 Å². The minimum Gasteiger partial charge on any atom is -0.497 e. The number of carbonyl (C=O) groups excluding carboxylic acids is 2. The highest BCUT2D eigenvalue weighted by molar-refractivity contribution is 6.30. The summed E-state index contributed by atoms with van der Waals surface area (Å²) < 4.78 is 16.0. The molecule has 31 heavy (non-hydrogen) atoms. The summed E-state index contributed by atoms with van der Waals surface area (Å²) in [6, 6.07) is 20.7. The zero-order valence-electron chi connectivity index (χ0n) is 16.9. The second kappa shape index (κ2) is 8.70. The molecule has 158 valence electrons. The molecule has 1 saturated heterocycles. The molecule has 1 aliphatic rings. The van der Waals surface area contributed by atoms with Crippen LogP contribution in [0.1, 0.15) is 22.0 Å². The van der Waals surface area contributed by atoms with E-state index in [9.17, 15) is 9.59 Å². The lowest BCUT2D eigenvalue weighted by Gasteiger charge is -2.46. The molecule has 2 unspecified atom stereocenters. The summed E-state index contributed by atoms with van der Waals surface area (Å²) in [7, 11) is 2.92. The monoisotopic (exact) mass is 437 g/mol. The first-order chi connectivity index (χ1) is 15.0. The van der Waals surface area contributed by atoms with Gasteiger partial charge in [-0.3, -0.25) is 9.69 Å². The summed E-state index contributed by atoms with van der Waals surface area (Å²) >= 11 is 5.95. The van der Waals surface area contributed by atoms with Crippen molar-refractivity contribution in [3.8, 4) is 11.5 Å². The van der Waals surface area contributed by atoms with E-state index in [1.165, 1.54) is 7.11 Å². The van der Waals surface area contributed by atoms with Crippen LogP contribution in [-0.4, -0.2) is 32.2 Å². The number of nitrogens with zero attached hydrogens (tertiary/aromatic N) is 1. The topological polar surface area (TPSA) is 65.1 Å². The molecular weight excluding hydrogens is 418 g/mol. The van der Waals surface area contributed by atoms with Crippen molar-refractivity contribution in [1.29, 1.82) is 0 Å². The van der Waals surface area contributed by atoms with Gasteiger partial charge in [-0.2, -0.15) is 0 Å². The number of ether oxygens (including phenoxy) is 3. The SMILES string of the molecule is COC(=O)c1ccc(C2C(Oc3ccc(Cl)cc3)C(=O)N2c2ccc(OC)cc2)cc1. The molecule has 3 aromatic rings. The van der Waals surface area contributed by atoms with Crippen LogP contribution in [0.5, 0.6) is 11.5 Å². The molecule has 7 heteroatoms. The van der Waals surface area contributed by atoms with Crippen LogP contribution in [0.2, 0.25) is 5.02 Å². The summed E-state index contributed by atoms with van der Waals surface area (Å²) in [6.07, 6.45) is -0.716. The molecule has 2 atom stereocenters. The fraction of sp³-hybridized carbons (Fsp3) is 0.167. The maximum absolute atomic E-state index is 13.1. The van der Waals surface area contributed by atoms with E-state index >= 15 is 0 Å². The highest BCUT2D eigenvalue weighted by Crippen LogP contribution is 2.41. The summed E-state index contributed by atoms with van der Waals surface area (Å²) in [6.45, 7) is 0. The Morgan fingerprint density at radius 3 is 2.06 bits per heavy atom. The minimum absolute atomic E-state index is 0.165. The number of anilines is 1. The first kappa shape index (κ1) is 20.8. The van der Waals surface area contributed by atoms with E-state index in [0.29, 0.717) is 22.1 Å². The number of hydrogen-bond acceptors (Lipinski definition) is 5. The molecular formula is C24H20ClNO5. The lowest BCUT2D eigenvalue weighted by molar-refractivity contribution is -0.135. The first-order valence-electron chi connectivity index (χ1n) is 9.59. The number of carbonyl (C=O) groups is 2. The standard InChI is InChI=1S/C24H20ClNO5/c1-29-19-13-9-18(10-14-19)26-21(15-3-5-16(6-4-15)24(28)30-2)22(23(26)27)31-20-11-7-17(25)8-12-20/h3-14,21-22H,1-2H3. The third-order valence-electron chi connectivity index (χ3n) is 5.15. The number of β-lactam (4-membered cyclic amide) rings is 1. The van der Waals surface area contributed by atoms with Gasteiger partial charge in [0.25, 0.3) is 5.91 Å². The number of hydrogen-bond donors (Lipinski definition) is 0. The van der Waals surface area contributed by atoms with Crippen molar-refractivity contribution in [1.82, 2.24) is 0 Å². The van der Waals surface area contributed by atoms with Crippen LogP contribution < -0.4 is 14.4 Å². The van der Waals surface area contributed by atoms with E-state index < -0.39 is 12.1 Å². The molecule has 1 heterocycles. The number of amides is 1. The number of benzene rings is 3. The van der Waals surface area contributed by atoms with Crippen LogP contribution in [-0.2, 0) is 9.53 Å². The third kappa shape index (κ3) is 4.07. The number of rotatable bonds is 6. The lowest BCUT2D eigenvalue weighted by Crippen LogP contribution is -2.61. The van der Waals surface area contributed by atoms with Gasteiger partial charge in [-0.05, 0) is 66.2 Å². The van der Waals surface area contributed by atoms with E-state index in [2.05, 4.69) is 0 Å². The molecule has 1 fully saturated rings. The Morgan fingerprint density at radius 1 is 0.871 bits per heavy atom. The molecule has 0 aromatic heterocycles. The zero-order chi connectivity index (χ0) is 22.0. The summed E-state index contributed by atoms with van der Waals surface area (Å²) in [5.41, 5.74) is 1.99. The highest BCUT2D eigenvalue weighted by Gasteiger charge is 2.51. The summed E-state index contributed by atoms with van der Waals surface area (Å²) in [5.74, 6) is 0.664. The predicted octanol–water partition coefficient (Wildman–Crippen LogP) is 4.67. The van der Waals surface area contributed by atoms with Gasteiger partial charge in [0, 0.05) is 10.7 Å². The van der Waals surface area contributed by atoms with Crippen molar-refractivity contribution in [2.75, 3.05) is 19.1 Å². The third-order valence-corrected chi connectivity index (χ3v) is 5.40. The Labute approximate surface area is 184 Å².